The summed E-state index contributed by atoms with van der Waals surface area (Å²) in [5.41, 5.74) is 2.00. The lowest BCUT2D eigenvalue weighted by Gasteiger charge is -2.10. The van der Waals surface area contributed by atoms with E-state index in [1.165, 1.54) is 4.90 Å². The number of amides is 2. The van der Waals surface area contributed by atoms with Crippen molar-refractivity contribution in [1.82, 2.24) is 20.0 Å². The third-order valence-corrected chi connectivity index (χ3v) is 3.55. The number of benzene rings is 1. The van der Waals surface area contributed by atoms with Gasteiger partial charge < -0.3 is 10.2 Å². The molecule has 0 fully saturated rings. The van der Waals surface area contributed by atoms with Crippen molar-refractivity contribution in [2.75, 3.05) is 20.6 Å². The highest BCUT2D eigenvalue weighted by atomic mass is 16.2. The van der Waals surface area contributed by atoms with Gasteiger partial charge in [-0.3, -0.25) is 14.3 Å². The van der Waals surface area contributed by atoms with Crippen LogP contribution >= 0.6 is 0 Å². The van der Waals surface area contributed by atoms with Crippen molar-refractivity contribution >= 4 is 22.7 Å². The molecule has 118 valence electrons. The summed E-state index contributed by atoms with van der Waals surface area (Å²) in [6, 6.07) is 7.98. The number of nitrogens with one attached hydrogen (secondary N) is 1. The number of rotatable bonds is 6. The first kappa shape index (κ1) is 16.0. The minimum Gasteiger partial charge on any atom is -0.356 e. The molecule has 0 aliphatic rings. The molecule has 22 heavy (non-hydrogen) atoms. The van der Waals surface area contributed by atoms with E-state index < -0.39 is 0 Å². The van der Waals surface area contributed by atoms with Gasteiger partial charge in [0.25, 0.3) is 0 Å². The molecule has 0 atom stereocenters. The first-order valence-electron chi connectivity index (χ1n) is 7.38. The Labute approximate surface area is 130 Å². The Hall–Kier alpha value is -2.37. The summed E-state index contributed by atoms with van der Waals surface area (Å²) in [4.78, 5) is 24.8. The van der Waals surface area contributed by atoms with Crippen molar-refractivity contribution in [3.8, 4) is 0 Å². The van der Waals surface area contributed by atoms with Crippen LogP contribution in [0.25, 0.3) is 10.9 Å². The van der Waals surface area contributed by atoms with E-state index in [1.54, 1.807) is 14.1 Å². The van der Waals surface area contributed by atoms with E-state index in [0.29, 0.717) is 25.9 Å². The summed E-state index contributed by atoms with van der Waals surface area (Å²) < 4.78 is 1.86. The Morgan fingerprint density at radius 1 is 1.23 bits per heavy atom. The van der Waals surface area contributed by atoms with Gasteiger partial charge in [0.2, 0.25) is 11.8 Å². The first-order chi connectivity index (χ1) is 10.5. The monoisotopic (exact) mass is 302 g/mol. The van der Waals surface area contributed by atoms with Crippen LogP contribution in [0.5, 0.6) is 0 Å². The van der Waals surface area contributed by atoms with Gasteiger partial charge in [-0.2, -0.15) is 5.10 Å². The third-order valence-electron chi connectivity index (χ3n) is 3.55. The average molecular weight is 302 g/mol. The maximum atomic E-state index is 11.8. The smallest absolute Gasteiger partial charge is 0.223 e. The van der Waals surface area contributed by atoms with Gasteiger partial charge in [0.05, 0.1) is 17.8 Å². The zero-order valence-electron chi connectivity index (χ0n) is 13.3. The van der Waals surface area contributed by atoms with Crippen molar-refractivity contribution < 1.29 is 9.59 Å². The molecular weight excluding hydrogens is 280 g/mol. The number of carbonyl (C=O) groups is 2. The molecule has 0 spiro atoms. The van der Waals surface area contributed by atoms with Crippen LogP contribution < -0.4 is 5.32 Å². The second-order valence-corrected chi connectivity index (χ2v) is 5.46. The van der Waals surface area contributed by atoms with Gasteiger partial charge in [-0.1, -0.05) is 18.2 Å². The zero-order valence-corrected chi connectivity index (χ0v) is 13.3. The number of hydrogen-bond donors (Lipinski definition) is 1. The molecule has 1 aromatic heterocycles. The van der Waals surface area contributed by atoms with Crippen molar-refractivity contribution in [3.63, 3.8) is 0 Å². The van der Waals surface area contributed by atoms with Crippen molar-refractivity contribution in [3.05, 3.63) is 30.0 Å². The molecule has 0 radical (unpaired) electrons. The van der Waals surface area contributed by atoms with E-state index in [9.17, 15) is 9.59 Å². The molecule has 2 rings (SSSR count). The summed E-state index contributed by atoms with van der Waals surface area (Å²) in [5, 5.41) is 8.35. The largest absolute Gasteiger partial charge is 0.356 e. The van der Waals surface area contributed by atoms with Crippen molar-refractivity contribution in [2.24, 2.45) is 0 Å². The van der Waals surface area contributed by atoms with Gasteiger partial charge in [-0.15, -0.1) is 0 Å². The van der Waals surface area contributed by atoms with Gasteiger partial charge in [0, 0.05) is 38.9 Å². The summed E-state index contributed by atoms with van der Waals surface area (Å²) >= 11 is 0. The summed E-state index contributed by atoms with van der Waals surface area (Å²) in [6.07, 6.45) is 0.670. The highest BCUT2D eigenvalue weighted by Gasteiger charge is 2.09. The fourth-order valence-corrected chi connectivity index (χ4v) is 2.29. The lowest BCUT2D eigenvalue weighted by atomic mass is 10.2. The fraction of sp³-hybridized carbons (Fsp3) is 0.438. The van der Waals surface area contributed by atoms with Crippen LogP contribution in [0.1, 0.15) is 18.5 Å². The minimum atomic E-state index is -0.0659. The Bertz CT molecular complexity index is 676. The average Bonchev–Trinajstić information content (AvgIpc) is 2.82. The van der Waals surface area contributed by atoms with Crippen LogP contribution in [-0.2, 0) is 16.1 Å². The molecule has 1 heterocycles. The molecule has 2 aromatic rings. The molecule has 0 aliphatic carbocycles. The van der Waals surface area contributed by atoms with Crippen LogP contribution in [0.15, 0.2) is 24.3 Å². The molecule has 0 saturated carbocycles. The normalized spacial score (nSPS) is 10.7. The van der Waals surface area contributed by atoms with Crippen molar-refractivity contribution in [1.29, 1.82) is 0 Å². The highest BCUT2D eigenvalue weighted by Crippen LogP contribution is 2.17. The Kier molecular flexibility index (Phi) is 5.14. The van der Waals surface area contributed by atoms with Gasteiger partial charge in [-0.05, 0) is 13.0 Å². The van der Waals surface area contributed by atoms with E-state index in [4.69, 9.17) is 0 Å². The lowest BCUT2D eigenvalue weighted by molar-refractivity contribution is -0.128. The van der Waals surface area contributed by atoms with Crippen LogP contribution in [0.3, 0.4) is 0 Å². The number of hydrogen-bond acceptors (Lipinski definition) is 3. The van der Waals surface area contributed by atoms with Gasteiger partial charge in [0.15, 0.2) is 0 Å². The van der Waals surface area contributed by atoms with Gasteiger partial charge >= 0.3 is 0 Å². The second-order valence-electron chi connectivity index (χ2n) is 5.46. The SMILES string of the molecule is Cc1nn(CCC(=O)NCCC(=O)N(C)C)c2ccccc12. The third kappa shape index (κ3) is 3.84. The standard InChI is InChI=1S/C16H22N4O2/c1-12-13-6-4-5-7-14(13)20(18-12)11-9-15(21)17-10-8-16(22)19(2)3/h4-7H,8-11H2,1-3H3,(H,17,21). The topological polar surface area (TPSA) is 67.2 Å². The summed E-state index contributed by atoms with van der Waals surface area (Å²) in [7, 11) is 3.41. The van der Waals surface area contributed by atoms with Crippen molar-refractivity contribution in [2.45, 2.75) is 26.3 Å². The van der Waals surface area contributed by atoms with Crippen LogP contribution in [0.4, 0.5) is 0 Å². The fourth-order valence-electron chi connectivity index (χ4n) is 2.29. The van der Waals surface area contributed by atoms with E-state index in [1.807, 2.05) is 35.9 Å². The molecule has 0 saturated heterocycles. The summed E-state index contributed by atoms with van der Waals surface area (Å²) in [5.74, 6) is -0.0576. The number of para-hydroxylation sites is 1. The lowest BCUT2D eigenvalue weighted by Crippen LogP contribution is -2.30. The number of carbonyl (C=O) groups excluding carboxylic acids is 2. The molecular formula is C16H22N4O2. The molecule has 0 bridgehead atoms. The zero-order chi connectivity index (χ0) is 16.1. The number of nitrogens with zero attached hydrogens (tertiary/aromatic N) is 3. The molecule has 2 amide bonds. The second kappa shape index (κ2) is 7.06. The Morgan fingerprint density at radius 2 is 1.95 bits per heavy atom. The van der Waals surface area contributed by atoms with E-state index in [0.717, 1.165) is 16.6 Å². The quantitative estimate of drug-likeness (QED) is 0.875. The van der Waals surface area contributed by atoms with Crippen LogP contribution in [0, 0.1) is 6.92 Å². The summed E-state index contributed by atoms with van der Waals surface area (Å²) in [6.45, 7) is 2.86. The predicted molar refractivity (Wildman–Crippen MR) is 85.4 cm³/mol. The number of aromatic nitrogens is 2. The van der Waals surface area contributed by atoms with Gasteiger partial charge in [-0.25, -0.2) is 0 Å². The van der Waals surface area contributed by atoms with E-state index in [2.05, 4.69) is 10.4 Å². The van der Waals surface area contributed by atoms with E-state index in [-0.39, 0.29) is 11.8 Å². The molecule has 1 N–H and O–H groups in total. The Morgan fingerprint density at radius 3 is 2.68 bits per heavy atom. The van der Waals surface area contributed by atoms with Gasteiger partial charge in [0.1, 0.15) is 0 Å². The molecule has 6 heteroatoms. The van der Waals surface area contributed by atoms with E-state index >= 15 is 0 Å². The van der Waals surface area contributed by atoms with Crippen LogP contribution in [-0.4, -0.2) is 47.1 Å². The molecule has 1 aromatic carbocycles. The van der Waals surface area contributed by atoms with Crippen LogP contribution in [0.2, 0.25) is 0 Å². The Balaban J connectivity index is 1.84. The maximum Gasteiger partial charge on any atom is 0.223 e. The number of aryl methyl sites for hydroxylation is 2. The number of fused-ring (bicyclic) bond motifs is 1. The molecule has 6 nitrogen and oxygen atoms in total. The first-order valence-corrected chi connectivity index (χ1v) is 7.38. The predicted octanol–water partition coefficient (Wildman–Crippen LogP) is 1.33. The molecule has 0 unspecified atom stereocenters. The highest BCUT2D eigenvalue weighted by molar-refractivity contribution is 5.82. The maximum absolute atomic E-state index is 11.8. The molecule has 0 aliphatic heterocycles. The minimum absolute atomic E-state index is 0.00833.